The summed E-state index contributed by atoms with van der Waals surface area (Å²) >= 11 is 1.63. The van der Waals surface area contributed by atoms with Gasteiger partial charge in [0.05, 0.1) is 5.75 Å². The molecule has 142 valence electrons. The quantitative estimate of drug-likeness (QED) is 0.710. The van der Waals surface area contributed by atoms with Crippen molar-refractivity contribution in [1.82, 2.24) is 10.2 Å². The minimum Gasteiger partial charge on any atom is -0.385 e. The predicted molar refractivity (Wildman–Crippen MR) is 107 cm³/mol. The fourth-order valence-corrected chi connectivity index (χ4v) is 4.19. The van der Waals surface area contributed by atoms with Gasteiger partial charge in [-0.15, -0.1) is 11.8 Å². The van der Waals surface area contributed by atoms with Gasteiger partial charge in [0.15, 0.2) is 0 Å². The second kappa shape index (κ2) is 9.58. The first-order valence-corrected chi connectivity index (χ1v) is 10.1. The summed E-state index contributed by atoms with van der Waals surface area (Å²) in [6.45, 7) is 1.81. The summed E-state index contributed by atoms with van der Waals surface area (Å²) in [5, 5.41) is 2.87. The zero-order chi connectivity index (χ0) is 19.1. The number of amides is 2. The highest BCUT2D eigenvalue weighted by Crippen LogP contribution is 2.39. The van der Waals surface area contributed by atoms with E-state index in [1.807, 2.05) is 59.5 Å². The molecule has 0 radical (unpaired) electrons. The third-order valence-electron chi connectivity index (χ3n) is 4.43. The molecule has 1 N–H and O–H groups in total. The van der Waals surface area contributed by atoms with Gasteiger partial charge in [0.1, 0.15) is 5.37 Å². The molecule has 0 bridgehead atoms. The summed E-state index contributed by atoms with van der Waals surface area (Å²) in [6, 6.07) is 17.5. The smallest absolute Gasteiger partial charge is 0.251 e. The van der Waals surface area contributed by atoms with Crippen LogP contribution < -0.4 is 5.32 Å². The molecule has 3 rings (SSSR count). The van der Waals surface area contributed by atoms with Crippen molar-refractivity contribution in [1.29, 1.82) is 0 Å². The number of rotatable bonds is 8. The van der Waals surface area contributed by atoms with Crippen molar-refractivity contribution in [3.05, 3.63) is 71.3 Å². The van der Waals surface area contributed by atoms with Crippen molar-refractivity contribution in [3.8, 4) is 0 Å². The lowest BCUT2D eigenvalue weighted by Crippen LogP contribution is -2.28. The monoisotopic (exact) mass is 384 g/mol. The fourth-order valence-electron chi connectivity index (χ4n) is 3.00. The maximum atomic E-state index is 12.3. The Balaban J connectivity index is 1.64. The Bertz CT molecular complexity index is 765. The van der Waals surface area contributed by atoms with E-state index >= 15 is 0 Å². The zero-order valence-corrected chi connectivity index (χ0v) is 16.2. The molecule has 2 aromatic carbocycles. The van der Waals surface area contributed by atoms with Crippen molar-refractivity contribution in [2.24, 2.45) is 0 Å². The first-order valence-electron chi connectivity index (χ1n) is 9.01. The molecule has 1 fully saturated rings. The molecule has 1 saturated heterocycles. The predicted octanol–water partition coefficient (Wildman–Crippen LogP) is 3.23. The molecule has 0 spiro atoms. The molecule has 1 atom stereocenters. The summed E-state index contributed by atoms with van der Waals surface area (Å²) in [6.07, 6.45) is 0.787. The lowest BCUT2D eigenvalue weighted by atomic mass is 10.1. The SMILES string of the molecule is COCCCNC(=O)c1ccc([C@@H]2SCC(=O)N2Cc2ccccc2)cc1. The van der Waals surface area contributed by atoms with Crippen LogP contribution in [0.25, 0.3) is 0 Å². The van der Waals surface area contributed by atoms with Gasteiger partial charge in [0.25, 0.3) is 5.91 Å². The molecule has 1 aliphatic rings. The van der Waals surface area contributed by atoms with Crippen LogP contribution in [0.4, 0.5) is 0 Å². The Kier molecular flexibility index (Phi) is 6.90. The van der Waals surface area contributed by atoms with Gasteiger partial charge in [-0.25, -0.2) is 0 Å². The molecule has 0 aromatic heterocycles. The Morgan fingerprint density at radius 3 is 2.63 bits per heavy atom. The molecule has 5 nitrogen and oxygen atoms in total. The third-order valence-corrected chi connectivity index (χ3v) is 5.69. The second-order valence-corrected chi connectivity index (χ2v) is 7.46. The standard InChI is InChI=1S/C21H24N2O3S/c1-26-13-5-12-22-20(25)17-8-10-18(11-9-17)21-23(19(24)15-27-21)14-16-6-3-2-4-7-16/h2-4,6-11,21H,5,12-15H2,1H3,(H,22,25)/t21-/m0/s1. The number of hydrogen-bond donors (Lipinski definition) is 1. The van der Waals surface area contributed by atoms with E-state index in [1.54, 1.807) is 18.9 Å². The maximum absolute atomic E-state index is 12.3. The van der Waals surface area contributed by atoms with Crippen LogP contribution in [0.2, 0.25) is 0 Å². The van der Waals surface area contributed by atoms with Gasteiger partial charge in [-0.3, -0.25) is 9.59 Å². The van der Waals surface area contributed by atoms with E-state index in [4.69, 9.17) is 4.74 Å². The topological polar surface area (TPSA) is 58.6 Å². The number of carbonyl (C=O) groups is 2. The summed E-state index contributed by atoms with van der Waals surface area (Å²) in [5.41, 5.74) is 2.78. The lowest BCUT2D eigenvalue weighted by molar-refractivity contribution is -0.128. The highest BCUT2D eigenvalue weighted by atomic mass is 32.2. The van der Waals surface area contributed by atoms with Crippen molar-refractivity contribution in [2.75, 3.05) is 26.0 Å². The van der Waals surface area contributed by atoms with Crippen molar-refractivity contribution < 1.29 is 14.3 Å². The van der Waals surface area contributed by atoms with Crippen LogP contribution in [0.1, 0.15) is 33.3 Å². The highest BCUT2D eigenvalue weighted by Gasteiger charge is 2.32. The first-order chi connectivity index (χ1) is 13.2. The van der Waals surface area contributed by atoms with E-state index in [2.05, 4.69) is 5.32 Å². The fraction of sp³-hybridized carbons (Fsp3) is 0.333. The summed E-state index contributed by atoms with van der Waals surface area (Å²) < 4.78 is 4.98. The van der Waals surface area contributed by atoms with Crippen LogP contribution in [0.3, 0.4) is 0 Å². The molecule has 6 heteroatoms. The van der Waals surface area contributed by atoms with E-state index < -0.39 is 0 Å². The number of benzene rings is 2. The summed E-state index contributed by atoms with van der Waals surface area (Å²) in [4.78, 5) is 26.4. The highest BCUT2D eigenvalue weighted by molar-refractivity contribution is 8.00. The number of hydrogen-bond acceptors (Lipinski definition) is 4. The molecule has 1 aliphatic heterocycles. The van der Waals surface area contributed by atoms with Gasteiger partial charge in [-0.05, 0) is 29.7 Å². The molecule has 27 heavy (non-hydrogen) atoms. The minimum absolute atomic E-state index is 0.0171. The van der Waals surface area contributed by atoms with Crippen molar-refractivity contribution in [2.45, 2.75) is 18.3 Å². The molecule has 0 unspecified atom stereocenters. The number of ether oxygens (including phenoxy) is 1. The Labute approximate surface area is 164 Å². The average Bonchev–Trinajstić information content (AvgIpc) is 3.06. The second-order valence-electron chi connectivity index (χ2n) is 6.39. The van der Waals surface area contributed by atoms with Crippen LogP contribution in [-0.4, -0.2) is 42.7 Å². The molecule has 2 aromatic rings. The Hall–Kier alpha value is -2.31. The zero-order valence-electron chi connectivity index (χ0n) is 15.4. The summed E-state index contributed by atoms with van der Waals surface area (Å²) in [5.74, 6) is 0.543. The maximum Gasteiger partial charge on any atom is 0.251 e. The van der Waals surface area contributed by atoms with Gasteiger partial charge in [-0.2, -0.15) is 0 Å². The Morgan fingerprint density at radius 1 is 1.19 bits per heavy atom. The van der Waals surface area contributed by atoms with Gasteiger partial charge in [-0.1, -0.05) is 42.5 Å². The van der Waals surface area contributed by atoms with E-state index in [0.29, 0.717) is 31.0 Å². The number of carbonyl (C=O) groups excluding carboxylic acids is 2. The van der Waals surface area contributed by atoms with E-state index in [9.17, 15) is 9.59 Å². The number of nitrogens with one attached hydrogen (secondary N) is 1. The van der Waals surface area contributed by atoms with Gasteiger partial charge >= 0.3 is 0 Å². The normalized spacial score (nSPS) is 16.6. The van der Waals surface area contributed by atoms with Crippen LogP contribution >= 0.6 is 11.8 Å². The number of nitrogens with zero attached hydrogens (tertiary/aromatic N) is 1. The van der Waals surface area contributed by atoms with E-state index in [1.165, 1.54) is 0 Å². The molecule has 0 saturated carbocycles. The minimum atomic E-state index is -0.0889. The molecule has 1 heterocycles. The average molecular weight is 385 g/mol. The molecule has 2 amide bonds. The van der Waals surface area contributed by atoms with E-state index in [0.717, 1.165) is 17.5 Å². The molecule has 0 aliphatic carbocycles. The van der Waals surface area contributed by atoms with Crippen LogP contribution in [-0.2, 0) is 16.1 Å². The third kappa shape index (κ3) is 5.11. The molecular weight excluding hydrogens is 360 g/mol. The number of methoxy groups -OCH3 is 1. The molecular formula is C21H24N2O3S. The lowest BCUT2D eigenvalue weighted by Gasteiger charge is -2.24. The van der Waals surface area contributed by atoms with Crippen LogP contribution in [0, 0.1) is 0 Å². The van der Waals surface area contributed by atoms with E-state index in [-0.39, 0.29) is 17.2 Å². The number of thioether (sulfide) groups is 1. The van der Waals surface area contributed by atoms with Gasteiger partial charge in [0.2, 0.25) is 5.91 Å². The van der Waals surface area contributed by atoms with Crippen molar-refractivity contribution >= 4 is 23.6 Å². The van der Waals surface area contributed by atoms with Crippen LogP contribution in [0.15, 0.2) is 54.6 Å². The van der Waals surface area contributed by atoms with Crippen LogP contribution in [0.5, 0.6) is 0 Å². The van der Waals surface area contributed by atoms with Crippen molar-refractivity contribution in [3.63, 3.8) is 0 Å². The van der Waals surface area contributed by atoms with Gasteiger partial charge < -0.3 is 15.0 Å². The van der Waals surface area contributed by atoms with Gasteiger partial charge in [0, 0.05) is 32.4 Å². The Morgan fingerprint density at radius 2 is 1.93 bits per heavy atom. The summed E-state index contributed by atoms with van der Waals surface area (Å²) in [7, 11) is 1.65. The largest absolute Gasteiger partial charge is 0.385 e. The first kappa shape index (κ1) is 19.5.